The lowest BCUT2D eigenvalue weighted by molar-refractivity contribution is -0.123. The van der Waals surface area contributed by atoms with Gasteiger partial charge in [0.1, 0.15) is 16.7 Å². The maximum atomic E-state index is 12.1. The molecule has 7 nitrogen and oxygen atoms in total. The third-order valence-electron chi connectivity index (χ3n) is 2.56. The lowest BCUT2D eigenvalue weighted by Gasteiger charge is -2.15. The smallest absolute Gasteiger partial charge is 0.265 e. The zero-order valence-electron chi connectivity index (χ0n) is 12.8. The van der Waals surface area contributed by atoms with Gasteiger partial charge in [-0.3, -0.25) is 9.59 Å². The molecular weight excluding hydrogens is 290 g/mol. The zero-order chi connectivity index (χ0) is 16.0. The topological polar surface area (TPSA) is 109 Å². The van der Waals surface area contributed by atoms with Crippen molar-refractivity contribution in [2.75, 3.05) is 17.6 Å². The van der Waals surface area contributed by atoms with E-state index in [1.54, 1.807) is 6.92 Å². The van der Waals surface area contributed by atoms with E-state index in [4.69, 9.17) is 5.73 Å². The lowest BCUT2D eigenvalue weighted by Crippen LogP contribution is -2.46. The molecule has 1 aromatic heterocycles. The number of rotatable bonds is 7. The van der Waals surface area contributed by atoms with Gasteiger partial charge < -0.3 is 21.7 Å². The van der Waals surface area contributed by atoms with Crippen LogP contribution in [-0.2, 0) is 4.79 Å². The standard InChI is InChI=1S/C13H23N5O2S/c1-5-6-15-13-18-10(14)9(21-13)12(20)17-8(4)11(19)16-7(2)3/h7-8H,5-6,14H2,1-4H3,(H,15,18)(H,16,19)(H,17,20). The SMILES string of the molecule is CCCNc1nc(N)c(C(=O)NC(C)C(=O)NC(C)C)s1. The molecule has 0 saturated heterocycles. The second kappa shape index (κ2) is 7.82. The van der Waals surface area contributed by atoms with E-state index in [0.717, 1.165) is 13.0 Å². The van der Waals surface area contributed by atoms with Crippen molar-refractivity contribution in [2.45, 2.75) is 46.2 Å². The van der Waals surface area contributed by atoms with Gasteiger partial charge in [-0.2, -0.15) is 0 Å². The molecule has 8 heteroatoms. The van der Waals surface area contributed by atoms with Crippen LogP contribution < -0.4 is 21.7 Å². The highest BCUT2D eigenvalue weighted by Gasteiger charge is 2.21. The monoisotopic (exact) mass is 313 g/mol. The molecule has 0 aliphatic heterocycles. The molecule has 21 heavy (non-hydrogen) atoms. The van der Waals surface area contributed by atoms with Crippen molar-refractivity contribution in [2.24, 2.45) is 0 Å². The number of nitrogens with zero attached hydrogens (tertiary/aromatic N) is 1. The molecule has 5 N–H and O–H groups in total. The predicted octanol–water partition coefficient (Wildman–Crippen LogP) is 1.19. The van der Waals surface area contributed by atoms with Gasteiger partial charge >= 0.3 is 0 Å². The molecule has 0 aromatic carbocycles. The summed E-state index contributed by atoms with van der Waals surface area (Å²) in [5, 5.41) is 9.05. The molecule has 1 unspecified atom stereocenters. The van der Waals surface area contributed by atoms with Crippen molar-refractivity contribution in [3.05, 3.63) is 4.88 Å². The average Bonchev–Trinajstić information content (AvgIpc) is 2.76. The highest BCUT2D eigenvalue weighted by molar-refractivity contribution is 7.18. The predicted molar refractivity (Wildman–Crippen MR) is 85.5 cm³/mol. The third-order valence-corrected chi connectivity index (χ3v) is 3.59. The maximum absolute atomic E-state index is 12.1. The molecule has 1 heterocycles. The average molecular weight is 313 g/mol. The summed E-state index contributed by atoms with van der Waals surface area (Å²) < 4.78 is 0. The molecule has 1 atom stereocenters. The van der Waals surface area contributed by atoms with Crippen molar-refractivity contribution in [1.82, 2.24) is 15.6 Å². The van der Waals surface area contributed by atoms with E-state index >= 15 is 0 Å². The Morgan fingerprint density at radius 2 is 1.95 bits per heavy atom. The Bertz CT molecular complexity index is 501. The number of hydrogen-bond acceptors (Lipinski definition) is 6. The van der Waals surface area contributed by atoms with E-state index in [1.807, 2.05) is 20.8 Å². The Labute approximate surface area is 128 Å². The van der Waals surface area contributed by atoms with Crippen LogP contribution in [0.2, 0.25) is 0 Å². The fraction of sp³-hybridized carbons (Fsp3) is 0.615. The molecular formula is C13H23N5O2S. The van der Waals surface area contributed by atoms with Crippen molar-refractivity contribution in [3.8, 4) is 0 Å². The van der Waals surface area contributed by atoms with Crippen LogP contribution >= 0.6 is 11.3 Å². The summed E-state index contributed by atoms with van der Waals surface area (Å²) in [5.74, 6) is -0.445. The summed E-state index contributed by atoms with van der Waals surface area (Å²) in [6.45, 7) is 8.15. The zero-order valence-corrected chi connectivity index (χ0v) is 13.6. The number of nitrogens with two attached hydrogens (primary N) is 1. The number of carbonyl (C=O) groups is 2. The first-order chi connectivity index (χ1) is 9.85. The van der Waals surface area contributed by atoms with E-state index < -0.39 is 6.04 Å². The van der Waals surface area contributed by atoms with Crippen molar-refractivity contribution < 1.29 is 9.59 Å². The third kappa shape index (κ3) is 5.22. The highest BCUT2D eigenvalue weighted by atomic mass is 32.1. The molecule has 1 aromatic rings. The summed E-state index contributed by atoms with van der Waals surface area (Å²) in [5.41, 5.74) is 5.74. The summed E-state index contributed by atoms with van der Waals surface area (Å²) in [6.07, 6.45) is 0.952. The lowest BCUT2D eigenvalue weighted by atomic mass is 10.2. The quantitative estimate of drug-likeness (QED) is 0.604. The van der Waals surface area contributed by atoms with E-state index in [1.165, 1.54) is 11.3 Å². The number of hydrogen-bond donors (Lipinski definition) is 4. The number of thiazole rings is 1. The summed E-state index contributed by atoms with van der Waals surface area (Å²) in [6, 6.07) is -0.608. The van der Waals surface area contributed by atoms with Gasteiger partial charge in [-0.1, -0.05) is 18.3 Å². The second-order valence-corrected chi connectivity index (χ2v) is 6.02. The largest absolute Gasteiger partial charge is 0.382 e. The summed E-state index contributed by atoms with van der Waals surface area (Å²) >= 11 is 1.18. The van der Waals surface area contributed by atoms with E-state index in [-0.39, 0.29) is 23.7 Å². The molecule has 0 fully saturated rings. The summed E-state index contributed by atoms with van der Waals surface area (Å²) in [4.78, 5) is 28.3. The number of carbonyl (C=O) groups excluding carboxylic acids is 2. The highest BCUT2D eigenvalue weighted by Crippen LogP contribution is 2.24. The van der Waals surface area contributed by atoms with Crippen LogP contribution in [0.5, 0.6) is 0 Å². The minimum atomic E-state index is -0.631. The fourth-order valence-corrected chi connectivity index (χ4v) is 2.35. The Hall–Kier alpha value is -1.83. The second-order valence-electron chi connectivity index (χ2n) is 5.02. The van der Waals surface area contributed by atoms with Gasteiger partial charge in [0.05, 0.1) is 0 Å². The molecule has 0 saturated carbocycles. The van der Waals surface area contributed by atoms with Crippen LogP contribution in [0.25, 0.3) is 0 Å². The Kier molecular flexibility index (Phi) is 6.41. The van der Waals surface area contributed by atoms with Gasteiger partial charge in [0.2, 0.25) is 5.91 Å². The number of anilines is 2. The van der Waals surface area contributed by atoms with E-state index in [0.29, 0.717) is 10.0 Å². The molecule has 0 bridgehead atoms. The normalized spacial score (nSPS) is 12.0. The van der Waals surface area contributed by atoms with Gasteiger partial charge in [-0.05, 0) is 27.2 Å². The van der Waals surface area contributed by atoms with Crippen LogP contribution in [0.4, 0.5) is 10.9 Å². The van der Waals surface area contributed by atoms with E-state index in [2.05, 4.69) is 20.9 Å². The van der Waals surface area contributed by atoms with Gasteiger partial charge in [-0.25, -0.2) is 4.98 Å². The maximum Gasteiger partial charge on any atom is 0.265 e. The Balaban J connectivity index is 2.66. The number of nitrogens with one attached hydrogen (secondary N) is 3. The van der Waals surface area contributed by atoms with Crippen LogP contribution in [0.15, 0.2) is 0 Å². The molecule has 0 spiro atoms. The molecule has 2 amide bonds. The van der Waals surface area contributed by atoms with Crippen LogP contribution in [0.3, 0.4) is 0 Å². The minimum absolute atomic E-state index is 0.0233. The molecule has 1 rings (SSSR count). The first kappa shape index (κ1) is 17.2. The molecule has 0 aliphatic rings. The van der Waals surface area contributed by atoms with Crippen LogP contribution in [-0.4, -0.2) is 35.4 Å². The number of nitrogen functional groups attached to an aromatic ring is 1. The van der Waals surface area contributed by atoms with Crippen LogP contribution in [0.1, 0.15) is 43.8 Å². The summed E-state index contributed by atoms with van der Waals surface area (Å²) in [7, 11) is 0. The fourth-order valence-electron chi connectivity index (χ4n) is 1.54. The first-order valence-corrected chi connectivity index (χ1v) is 7.78. The van der Waals surface area contributed by atoms with Gasteiger partial charge in [0.25, 0.3) is 5.91 Å². The van der Waals surface area contributed by atoms with Gasteiger partial charge in [0, 0.05) is 12.6 Å². The van der Waals surface area contributed by atoms with Crippen molar-refractivity contribution >= 4 is 34.1 Å². The number of amides is 2. The van der Waals surface area contributed by atoms with Crippen LogP contribution in [0, 0.1) is 0 Å². The number of aromatic nitrogens is 1. The Morgan fingerprint density at radius 3 is 2.52 bits per heavy atom. The van der Waals surface area contributed by atoms with E-state index in [9.17, 15) is 9.59 Å². The molecule has 0 aliphatic carbocycles. The van der Waals surface area contributed by atoms with Gasteiger partial charge in [-0.15, -0.1) is 0 Å². The van der Waals surface area contributed by atoms with Crippen molar-refractivity contribution in [3.63, 3.8) is 0 Å². The Morgan fingerprint density at radius 1 is 1.29 bits per heavy atom. The molecule has 118 valence electrons. The molecule has 0 radical (unpaired) electrons. The first-order valence-electron chi connectivity index (χ1n) is 6.96. The minimum Gasteiger partial charge on any atom is -0.382 e. The van der Waals surface area contributed by atoms with Gasteiger partial charge in [0.15, 0.2) is 5.13 Å². The van der Waals surface area contributed by atoms with Crippen molar-refractivity contribution in [1.29, 1.82) is 0 Å².